The van der Waals surface area contributed by atoms with Gasteiger partial charge in [-0.15, -0.1) is 0 Å². The van der Waals surface area contributed by atoms with E-state index in [2.05, 4.69) is 126 Å². The number of hydrogen-bond donors (Lipinski definition) is 0. The monoisotopic (exact) mass is 430 g/mol. The molecule has 0 bridgehead atoms. The van der Waals surface area contributed by atoms with Gasteiger partial charge in [-0.3, -0.25) is 0 Å². The quantitative estimate of drug-likeness (QED) is 0.267. The van der Waals surface area contributed by atoms with Crippen molar-refractivity contribution >= 4 is 0 Å². The molecule has 0 fully saturated rings. The molecule has 1 aliphatic carbocycles. The molecule has 4 aromatic carbocycles. The number of benzene rings is 4. The molecule has 0 spiro atoms. The van der Waals surface area contributed by atoms with Crippen molar-refractivity contribution < 1.29 is 0 Å². The summed E-state index contributed by atoms with van der Waals surface area (Å²) in [4.78, 5) is 0. The lowest BCUT2D eigenvalue weighted by Crippen LogP contribution is -2.29. The van der Waals surface area contributed by atoms with Crippen LogP contribution in [0.4, 0.5) is 0 Å². The van der Waals surface area contributed by atoms with Gasteiger partial charge in [0, 0.05) is 0 Å². The Hall–Kier alpha value is -3.12. The van der Waals surface area contributed by atoms with Crippen LogP contribution in [0.15, 0.2) is 84.9 Å². The maximum atomic E-state index is 2.44. The number of rotatable bonds is 4. The van der Waals surface area contributed by atoms with Crippen molar-refractivity contribution in [3.63, 3.8) is 0 Å². The lowest BCUT2D eigenvalue weighted by molar-refractivity contribution is 0.757. The fraction of sp³-hybridized carbons (Fsp3) is 0.273. The highest BCUT2D eigenvalue weighted by Crippen LogP contribution is 2.56. The van der Waals surface area contributed by atoms with E-state index in [0.717, 1.165) is 0 Å². The molecule has 0 atom stereocenters. The molecule has 0 N–H and O–H groups in total. The fourth-order valence-corrected chi connectivity index (χ4v) is 6.14. The predicted octanol–water partition coefficient (Wildman–Crippen LogP) is 8.91. The first-order valence-electron chi connectivity index (χ1n) is 12.3. The van der Waals surface area contributed by atoms with Gasteiger partial charge in [0.2, 0.25) is 0 Å². The van der Waals surface area contributed by atoms with E-state index >= 15 is 0 Å². The number of hydrogen-bond acceptors (Lipinski definition) is 0. The normalized spacial score (nSPS) is 13.9. The van der Waals surface area contributed by atoms with E-state index in [1.165, 1.54) is 55.6 Å². The average Bonchev–Trinajstić information content (AvgIpc) is 3.10. The molecule has 0 saturated heterocycles. The van der Waals surface area contributed by atoms with Gasteiger partial charge < -0.3 is 0 Å². The van der Waals surface area contributed by atoms with E-state index in [-0.39, 0.29) is 5.41 Å². The summed E-state index contributed by atoms with van der Waals surface area (Å²) in [5.41, 5.74) is 13.5. The van der Waals surface area contributed by atoms with Gasteiger partial charge in [0.1, 0.15) is 0 Å². The van der Waals surface area contributed by atoms with Crippen LogP contribution in [0.5, 0.6) is 0 Å². The van der Waals surface area contributed by atoms with Crippen LogP contribution in [0.2, 0.25) is 0 Å². The summed E-state index contributed by atoms with van der Waals surface area (Å²) in [7, 11) is 0. The van der Waals surface area contributed by atoms with E-state index < -0.39 is 0 Å². The summed E-state index contributed by atoms with van der Waals surface area (Å²) < 4.78 is 0. The molecule has 0 aliphatic heterocycles. The molecule has 0 radical (unpaired) electrons. The molecule has 4 aromatic rings. The van der Waals surface area contributed by atoms with Gasteiger partial charge in [-0.05, 0) is 81.3 Å². The SMILES string of the molecule is Cc1cc(C2(c3ccc(C(C)C)c(C)c3)c3ccccc3-c3ccccc32)ccc1C(C)C. The molecule has 0 aromatic heterocycles. The Morgan fingerprint density at radius 1 is 0.515 bits per heavy atom. The molecule has 0 nitrogen and oxygen atoms in total. The van der Waals surface area contributed by atoms with Gasteiger partial charge in [0.15, 0.2) is 0 Å². The van der Waals surface area contributed by atoms with Gasteiger partial charge in [-0.25, -0.2) is 0 Å². The summed E-state index contributed by atoms with van der Waals surface area (Å²) in [6.07, 6.45) is 0. The van der Waals surface area contributed by atoms with Crippen molar-refractivity contribution in [1.29, 1.82) is 0 Å². The molecule has 33 heavy (non-hydrogen) atoms. The third-order valence-corrected chi connectivity index (χ3v) is 7.60. The Labute approximate surface area is 199 Å². The second kappa shape index (κ2) is 8.03. The lowest BCUT2D eigenvalue weighted by atomic mass is 9.66. The zero-order valence-electron chi connectivity index (χ0n) is 20.7. The van der Waals surface area contributed by atoms with Gasteiger partial charge in [0.05, 0.1) is 5.41 Å². The largest absolute Gasteiger partial charge is 0.0713 e. The van der Waals surface area contributed by atoms with Gasteiger partial charge in [-0.2, -0.15) is 0 Å². The van der Waals surface area contributed by atoms with Crippen molar-refractivity contribution in [2.45, 2.75) is 58.8 Å². The summed E-state index contributed by atoms with van der Waals surface area (Å²) in [6.45, 7) is 13.7. The molecule has 1 aliphatic rings. The van der Waals surface area contributed by atoms with Crippen LogP contribution in [0, 0.1) is 13.8 Å². The highest BCUT2D eigenvalue weighted by atomic mass is 14.5. The standard InChI is InChI=1S/C33H34/c1-21(2)27-17-15-25(19-23(27)5)33(26-16-18-28(22(3)4)24(6)20-26)31-13-9-7-11-29(31)30-12-8-10-14-32(30)33/h7-22H,1-6H3. The van der Waals surface area contributed by atoms with Crippen molar-refractivity contribution in [2.75, 3.05) is 0 Å². The molecule has 0 unspecified atom stereocenters. The molecule has 0 heteroatoms. The average molecular weight is 431 g/mol. The minimum absolute atomic E-state index is 0.312. The topological polar surface area (TPSA) is 0 Å². The highest BCUT2D eigenvalue weighted by Gasteiger charge is 2.46. The Balaban J connectivity index is 1.90. The van der Waals surface area contributed by atoms with Gasteiger partial charge in [0.25, 0.3) is 0 Å². The van der Waals surface area contributed by atoms with Gasteiger partial charge in [-0.1, -0.05) is 113 Å². The van der Waals surface area contributed by atoms with Crippen molar-refractivity contribution in [2.24, 2.45) is 0 Å². The highest BCUT2D eigenvalue weighted by molar-refractivity contribution is 5.86. The second-order valence-corrected chi connectivity index (χ2v) is 10.3. The summed E-state index contributed by atoms with van der Waals surface area (Å²) >= 11 is 0. The molecule has 0 amide bonds. The van der Waals surface area contributed by atoms with Crippen molar-refractivity contribution in [3.8, 4) is 11.1 Å². The van der Waals surface area contributed by atoms with Crippen molar-refractivity contribution in [3.05, 3.63) is 129 Å². The molecule has 166 valence electrons. The molecule has 0 heterocycles. The fourth-order valence-electron chi connectivity index (χ4n) is 6.14. The minimum Gasteiger partial charge on any atom is -0.0619 e. The van der Waals surface area contributed by atoms with Crippen LogP contribution in [-0.4, -0.2) is 0 Å². The zero-order valence-corrected chi connectivity index (χ0v) is 20.7. The Morgan fingerprint density at radius 2 is 0.909 bits per heavy atom. The van der Waals surface area contributed by atoms with E-state index in [9.17, 15) is 0 Å². The van der Waals surface area contributed by atoms with E-state index in [1.807, 2.05) is 0 Å². The van der Waals surface area contributed by atoms with Crippen LogP contribution in [0.1, 0.15) is 84.0 Å². The first kappa shape index (κ1) is 21.7. The van der Waals surface area contributed by atoms with Crippen LogP contribution >= 0.6 is 0 Å². The summed E-state index contributed by atoms with van der Waals surface area (Å²) in [5, 5.41) is 0. The van der Waals surface area contributed by atoms with Crippen LogP contribution < -0.4 is 0 Å². The first-order valence-corrected chi connectivity index (χ1v) is 12.3. The maximum absolute atomic E-state index is 2.44. The zero-order chi connectivity index (χ0) is 23.3. The molecule has 5 rings (SSSR count). The van der Waals surface area contributed by atoms with Crippen LogP contribution in [0.25, 0.3) is 11.1 Å². The molecular formula is C33H34. The summed E-state index contributed by atoms with van der Waals surface area (Å²) in [5.74, 6) is 1.04. The Kier molecular flexibility index (Phi) is 5.28. The maximum Gasteiger partial charge on any atom is 0.0713 e. The first-order chi connectivity index (χ1) is 15.9. The minimum atomic E-state index is -0.312. The van der Waals surface area contributed by atoms with E-state index in [4.69, 9.17) is 0 Å². The summed E-state index contributed by atoms with van der Waals surface area (Å²) in [6, 6.07) is 32.4. The van der Waals surface area contributed by atoms with Crippen molar-refractivity contribution in [1.82, 2.24) is 0 Å². The smallest absolute Gasteiger partial charge is 0.0619 e. The Bertz CT molecular complexity index is 1230. The lowest BCUT2D eigenvalue weighted by Gasteiger charge is -2.35. The van der Waals surface area contributed by atoms with Crippen LogP contribution in [-0.2, 0) is 5.41 Å². The van der Waals surface area contributed by atoms with Crippen LogP contribution in [0.3, 0.4) is 0 Å². The third-order valence-electron chi connectivity index (χ3n) is 7.60. The van der Waals surface area contributed by atoms with E-state index in [0.29, 0.717) is 11.8 Å². The number of aryl methyl sites for hydroxylation is 2. The van der Waals surface area contributed by atoms with Gasteiger partial charge >= 0.3 is 0 Å². The molecular weight excluding hydrogens is 396 g/mol. The van der Waals surface area contributed by atoms with E-state index in [1.54, 1.807) is 0 Å². The third kappa shape index (κ3) is 3.19. The molecule has 0 saturated carbocycles. The second-order valence-electron chi connectivity index (χ2n) is 10.3. The Morgan fingerprint density at radius 3 is 1.27 bits per heavy atom. The number of fused-ring (bicyclic) bond motifs is 3. The predicted molar refractivity (Wildman–Crippen MR) is 141 cm³/mol.